The van der Waals surface area contributed by atoms with Gasteiger partial charge in [0, 0.05) is 0 Å². The number of likely N-dealkylation sites (N-methyl/N-ethyl adjacent to an activating group) is 1. The van der Waals surface area contributed by atoms with Gasteiger partial charge in [-0.25, -0.2) is 0 Å². The summed E-state index contributed by atoms with van der Waals surface area (Å²) in [5, 5.41) is 0. The Kier molecular flexibility index (Phi) is 2.08. The first-order chi connectivity index (χ1) is 5.11. The second-order valence-electron chi connectivity index (χ2n) is 2.51. The fraction of sp³-hybridized carbons (Fsp3) is 0.250. The molecule has 0 amide bonds. The van der Waals surface area contributed by atoms with Gasteiger partial charge in [-0.1, -0.05) is 0 Å². The minimum absolute atomic E-state index is 0.0561. The number of hydrogen-bond acceptors (Lipinski definition) is 2. The van der Waals surface area contributed by atoms with Crippen LogP contribution in [0, 0.1) is 0 Å². The number of carbonyl (C=O) groups is 1. The zero-order valence-electron chi connectivity index (χ0n) is 6.66. The fourth-order valence-electron chi connectivity index (χ4n) is 0.827. The van der Waals surface area contributed by atoms with Crippen LogP contribution in [0.1, 0.15) is 6.92 Å². The summed E-state index contributed by atoms with van der Waals surface area (Å²) in [6.45, 7) is 1.53. The van der Waals surface area contributed by atoms with Crippen molar-refractivity contribution in [3.05, 3.63) is 23.9 Å². The molecule has 11 heavy (non-hydrogen) atoms. The molecule has 2 nitrogen and oxygen atoms in total. The first-order valence-electron chi connectivity index (χ1n) is 3.37. The third-order valence-corrected chi connectivity index (χ3v) is 1.58. The van der Waals surface area contributed by atoms with Gasteiger partial charge in [-0.3, -0.25) is 0 Å². The predicted molar refractivity (Wildman–Crippen MR) is 46.4 cm³/mol. The summed E-state index contributed by atoms with van der Waals surface area (Å²) in [4.78, 5) is 12.6. The molecule has 0 unspecified atom stereocenters. The zero-order valence-corrected chi connectivity index (χ0v) is 6.66. The number of Topliss-reactive ketones (excluding diaryl/α,β-unsaturated/α-hetero) is 1. The van der Waals surface area contributed by atoms with Gasteiger partial charge < -0.3 is 0 Å². The molecule has 0 atom stereocenters. The Morgan fingerprint density at radius 3 is 2.64 bits per heavy atom. The van der Waals surface area contributed by atoms with E-state index < -0.39 is 0 Å². The van der Waals surface area contributed by atoms with Crippen molar-refractivity contribution < 1.29 is 4.79 Å². The summed E-state index contributed by atoms with van der Waals surface area (Å²) in [5.74, 6) is 0.0561. The van der Waals surface area contributed by atoms with E-state index in [9.17, 15) is 4.79 Å². The quantitative estimate of drug-likeness (QED) is 0.494. The average Bonchev–Trinajstić information content (AvgIpc) is 1.94. The molecule has 0 saturated heterocycles. The molecule has 1 rings (SSSR count). The molecule has 1 aliphatic rings. The van der Waals surface area contributed by atoms with E-state index in [2.05, 4.69) is 0 Å². The van der Waals surface area contributed by atoms with Gasteiger partial charge in [0.2, 0.25) is 0 Å². The van der Waals surface area contributed by atoms with Gasteiger partial charge in [0.1, 0.15) is 0 Å². The molecule has 3 heteroatoms. The van der Waals surface area contributed by atoms with Crippen LogP contribution in [0.5, 0.6) is 0 Å². The Bertz CT molecular complexity index is 265. The van der Waals surface area contributed by atoms with Crippen LogP contribution in [0.3, 0.4) is 0 Å². The molecule has 1 aliphatic heterocycles. The summed E-state index contributed by atoms with van der Waals surface area (Å²) in [6, 6.07) is 0. The molecule has 0 fully saturated rings. The van der Waals surface area contributed by atoms with Gasteiger partial charge in [-0.15, -0.1) is 0 Å². The molecular formula is C8H9BNO. The van der Waals surface area contributed by atoms with Crippen LogP contribution in [-0.4, -0.2) is 30.8 Å². The van der Waals surface area contributed by atoms with Gasteiger partial charge in [0.05, 0.1) is 0 Å². The van der Waals surface area contributed by atoms with Crippen LogP contribution in [0.4, 0.5) is 0 Å². The molecule has 0 spiro atoms. The van der Waals surface area contributed by atoms with E-state index in [0.717, 1.165) is 0 Å². The van der Waals surface area contributed by atoms with Crippen LogP contribution in [0.25, 0.3) is 0 Å². The minimum atomic E-state index is 0.0561. The first kappa shape index (κ1) is 7.99. The summed E-state index contributed by atoms with van der Waals surface area (Å²) < 4.78 is 0. The first-order valence-corrected chi connectivity index (χ1v) is 3.37. The Morgan fingerprint density at radius 2 is 2.18 bits per heavy atom. The molecule has 0 aliphatic carbocycles. The molecule has 1 radical (unpaired) electrons. The maximum absolute atomic E-state index is 10.9. The van der Waals surface area contributed by atoms with E-state index in [1.165, 1.54) is 6.92 Å². The molecule has 0 aromatic carbocycles. The van der Waals surface area contributed by atoms with Crippen LogP contribution in [-0.2, 0) is 4.79 Å². The maximum atomic E-state index is 10.9. The second-order valence-corrected chi connectivity index (χ2v) is 2.51. The van der Waals surface area contributed by atoms with E-state index in [0.29, 0.717) is 11.2 Å². The van der Waals surface area contributed by atoms with Gasteiger partial charge in [0.25, 0.3) is 0 Å². The summed E-state index contributed by atoms with van der Waals surface area (Å²) in [5.41, 5.74) is 1.33. The molecule has 0 saturated carbocycles. The van der Waals surface area contributed by atoms with E-state index in [1.54, 1.807) is 23.3 Å². The topological polar surface area (TPSA) is 20.3 Å². The van der Waals surface area contributed by atoms with Crippen molar-refractivity contribution in [2.24, 2.45) is 0 Å². The number of rotatable bonds is 1. The van der Waals surface area contributed by atoms with Crippen LogP contribution in [0.2, 0.25) is 0 Å². The van der Waals surface area contributed by atoms with E-state index in [-0.39, 0.29) is 5.78 Å². The number of carbonyl (C=O) groups excluding carboxylic acids is 1. The van der Waals surface area contributed by atoms with Gasteiger partial charge in [-0.05, 0) is 0 Å². The monoisotopic (exact) mass is 146 g/mol. The number of ketones is 1. The Balaban J connectivity index is 2.88. The third-order valence-electron chi connectivity index (χ3n) is 1.58. The standard InChI is InChI=1S/C8H9BNO/c1-6(11)7-3-4-8(9)10(2)5-7/h3-5H,1-2H3. The molecule has 55 valence electrons. The molecule has 0 N–H and O–H groups in total. The van der Waals surface area contributed by atoms with E-state index >= 15 is 0 Å². The van der Waals surface area contributed by atoms with Gasteiger partial charge >= 0.3 is 66.4 Å². The second kappa shape index (κ2) is 2.87. The SMILES string of the molecule is [B]=C1C=CC(C(C)=O)=CN1C. The molecule has 0 aromatic rings. The summed E-state index contributed by atoms with van der Waals surface area (Å²) in [7, 11) is 7.35. The molecule has 0 bridgehead atoms. The predicted octanol–water partition coefficient (Wildman–Crippen LogP) is 0.259. The Hall–Kier alpha value is -1.12. The molecule has 1 heterocycles. The van der Waals surface area contributed by atoms with Crippen molar-refractivity contribution in [1.82, 2.24) is 4.90 Å². The van der Waals surface area contributed by atoms with Crippen molar-refractivity contribution >= 4 is 18.9 Å². The Morgan fingerprint density at radius 1 is 1.55 bits per heavy atom. The number of hydrogen-bond donors (Lipinski definition) is 0. The van der Waals surface area contributed by atoms with E-state index in [4.69, 9.17) is 7.49 Å². The fourth-order valence-corrected chi connectivity index (χ4v) is 0.827. The number of allylic oxidation sites excluding steroid dienone is 2. The van der Waals surface area contributed by atoms with Crippen molar-refractivity contribution in [3.8, 4) is 0 Å². The third kappa shape index (κ3) is 1.67. The van der Waals surface area contributed by atoms with Crippen LogP contribution < -0.4 is 0 Å². The molecular weight excluding hydrogens is 137 g/mol. The zero-order chi connectivity index (χ0) is 8.43. The average molecular weight is 146 g/mol. The van der Waals surface area contributed by atoms with Gasteiger partial charge in [-0.2, -0.15) is 0 Å². The van der Waals surface area contributed by atoms with Crippen molar-refractivity contribution in [2.75, 3.05) is 7.05 Å². The number of nitrogens with zero attached hydrogens (tertiary/aromatic N) is 1. The van der Waals surface area contributed by atoms with Gasteiger partial charge in [0.15, 0.2) is 0 Å². The van der Waals surface area contributed by atoms with Crippen molar-refractivity contribution in [3.63, 3.8) is 0 Å². The summed E-state index contributed by atoms with van der Waals surface area (Å²) >= 11 is 0. The normalized spacial score (nSPS) is 16.6. The summed E-state index contributed by atoms with van der Waals surface area (Å²) in [6.07, 6.45) is 5.16. The van der Waals surface area contributed by atoms with Crippen LogP contribution in [0.15, 0.2) is 23.9 Å². The molecule has 0 aromatic heterocycles. The van der Waals surface area contributed by atoms with E-state index in [1.807, 2.05) is 7.05 Å². The van der Waals surface area contributed by atoms with Crippen molar-refractivity contribution in [2.45, 2.75) is 6.92 Å². The van der Waals surface area contributed by atoms with Crippen molar-refractivity contribution in [1.29, 1.82) is 0 Å². The Labute approximate surface area is 67.3 Å². The van der Waals surface area contributed by atoms with Crippen LogP contribution >= 0.6 is 0 Å².